The topological polar surface area (TPSA) is 50.2 Å². The molecule has 1 aromatic rings. The van der Waals surface area contributed by atoms with Crippen molar-refractivity contribution in [1.29, 1.82) is 5.41 Å². The quantitative estimate of drug-likeness (QED) is 0.592. The summed E-state index contributed by atoms with van der Waals surface area (Å²) in [5.41, 5.74) is 0.980. The molecule has 0 aliphatic heterocycles. The van der Waals surface area contributed by atoms with Gasteiger partial charge in [-0.15, -0.1) is 0 Å². The molecule has 3 nitrogen and oxygen atoms in total. The van der Waals surface area contributed by atoms with E-state index in [1.165, 1.54) is 6.21 Å². The van der Waals surface area contributed by atoms with Gasteiger partial charge in [0.2, 0.25) is 0 Å². The van der Waals surface area contributed by atoms with Gasteiger partial charge in [0.05, 0.1) is 5.92 Å². The van der Waals surface area contributed by atoms with Gasteiger partial charge in [0, 0.05) is 0 Å². The highest BCUT2D eigenvalue weighted by molar-refractivity contribution is 5.75. The molecule has 1 atom stereocenters. The maximum Gasteiger partial charge on any atom is 0.309 e. The molecule has 0 heterocycles. The summed E-state index contributed by atoms with van der Waals surface area (Å²) >= 11 is 0. The third-order valence-electron chi connectivity index (χ3n) is 2.10. The summed E-state index contributed by atoms with van der Waals surface area (Å²) < 4.78 is 5.10. The molecule has 0 spiro atoms. The number of hydrogen-bond acceptors (Lipinski definition) is 3. The van der Waals surface area contributed by atoms with Crippen LogP contribution in [0.2, 0.25) is 0 Å². The van der Waals surface area contributed by atoms with E-state index in [1.807, 2.05) is 30.3 Å². The van der Waals surface area contributed by atoms with Crippen LogP contribution in [0.4, 0.5) is 0 Å². The molecule has 0 amide bonds. The van der Waals surface area contributed by atoms with E-state index in [-0.39, 0.29) is 11.9 Å². The van der Waals surface area contributed by atoms with Crippen molar-refractivity contribution in [3.63, 3.8) is 0 Å². The maximum absolute atomic E-state index is 11.4. The van der Waals surface area contributed by atoms with Gasteiger partial charge in [0.1, 0.15) is 6.61 Å². The largest absolute Gasteiger partial charge is 0.461 e. The zero-order valence-electron chi connectivity index (χ0n) is 8.77. The Kier molecular flexibility index (Phi) is 4.54. The Labute approximate surface area is 89.6 Å². The first-order valence-corrected chi connectivity index (χ1v) is 4.93. The highest BCUT2D eigenvalue weighted by atomic mass is 16.5. The molecular formula is C12H15NO2. The first-order chi connectivity index (χ1) is 7.24. The molecule has 1 unspecified atom stereocenters. The van der Waals surface area contributed by atoms with Gasteiger partial charge in [-0.1, -0.05) is 37.3 Å². The van der Waals surface area contributed by atoms with Gasteiger partial charge in [-0.3, -0.25) is 4.79 Å². The molecule has 0 saturated carbocycles. The average Bonchev–Trinajstić information content (AvgIpc) is 2.27. The van der Waals surface area contributed by atoms with Crippen LogP contribution in [-0.4, -0.2) is 12.2 Å². The van der Waals surface area contributed by atoms with Crippen LogP contribution in [0.15, 0.2) is 30.3 Å². The number of carbonyl (C=O) groups is 1. The van der Waals surface area contributed by atoms with E-state index in [0.29, 0.717) is 13.0 Å². The summed E-state index contributed by atoms with van der Waals surface area (Å²) in [6.07, 6.45) is 1.67. The minimum atomic E-state index is -0.248. The first kappa shape index (κ1) is 11.4. The molecule has 0 radical (unpaired) electrons. The van der Waals surface area contributed by atoms with Crippen LogP contribution in [0.5, 0.6) is 0 Å². The van der Waals surface area contributed by atoms with E-state index in [1.54, 1.807) is 6.92 Å². The summed E-state index contributed by atoms with van der Waals surface area (Å²) in [7, 11) is 0. The molecular weight excluding hydrogens is 190 g/mol. The molecule has 0 aliphatic rings. The molecule has 3 heteroatoms. The van der Waals surface area contributed by atoms with Gasteiger partial charge in [0.15, 0.2) is 0 Å². The summed E-state index contributed by atoms with van der Waals surface area (Å²) in [4.78, 5) is 11.4. The van der Waals surface area contributed by atoms with Gasteiger partial charge in [-0.25, -0.2) is 0 Å². The number of nitrogens with one attached hydrogen (secondary N) is 1. The van der Waals surface area contributed by atoms with Crippen molar-refractivity contribution in [2.24, 2.45) is 5.92 Å². The van der Waals surface area contributed by atoms with Gasteiger partial charge < -0.3 is 10.1 Å². The molecule has 0 fully saturated rings. The van der Waals surface area contributed by atoms with Crippen molar-refractivity contribution in [3.05, 3.63) is 35.9 Å². The molecule has 0 aliphatic carbocycles. The van der Waals surface area contributed by atoms with Crippen molar-refractivity contribution in [2.45, 2.75) is 20.0 Å². The molecule has 0 aromatic heterocycles. The summed E-state index contributed by atoms with van der Waals surface area (Å²) in [5.74, 6) is -0.478. The molecule has 0 bridgehead atoms. The Hall–Kier alpha value is -1.64. The van der Waals surface area contributed by atoms with Crippen LogP contribution in [0.3, 0.4) is 0 Å². The van der Waals surface area contributed by atoms with Crippen molar-refractivity contribution >= 4 is 12.2 Å². The summed E-state index contributed by atoms with van der Waals surface area (Å²) in [6.45, 7) is 2.07. The van der Waals surface area contributed by atoms with Crippen LogP contribution < -0.4 is 0 Å². The highest BCUT2D eigenvalue weighted by Gasteiger charge is 2.12. The van der Waals surface area contributed by atoms with Crippen molar-refractivity contribution in [1.82, 2.24) is 0 Å². The monoisotopic (exact) mass is 205 g/mol. The summed E-state index contributed by atoms with van der Waals surface area (Å²) in [6, 6.07) is 9.56. The lowest BCUT2D eigenvalue weighted by Gasteiger charge is -2.08. The lowest BCUT2D eigenvalue weighted by Crippen LogP contribution is -2.14. The van der Waals surface area contributed by atoms with Crippen molar-refractivity contribution in [3.8, 4) is 0 Å². The normalized spacial score (nSPS) is 11.8. The highest BCUT2D eigenvalue weighted by Crippen LogP contribution is 2.06. The van der Waals surface area contributed by atoms with Gasteiger partial charge in [-0.2, -0.15) is 0 Å². The van der Waals surface area contributed by atoms with E-state index in [9.17, 15) is 4.79 Å². The van der Waals surface area contributed by atoms with E-state index in [0.717, 1.165) is 5.56 Å². The number of benzene rings is 1. The molecule has 1 N–H and O–H groups in total. The van der Waals surface area contributed by atoms with Crippen LogP contribution >= 0.6 is 0 Å². The number of esters is 1. The Morgan fingerprint density at radius 3 is 2.73 bits per heavy atom. The van der Waals surface area contributed by atoms with Crippen LogP contribution in [0.1, 0.15) is 18.9 Å². The average molecular weight is 205 g/mol. The van der Waals surface area contributed by atoms with Gasteiger partial charge in [-0.05, 0) is 18.2 Å². The number of ether oxygens (including phenoxy) is 1. The van der Waals surface area contributed by atoms with E-state index in [2.05, 4.69) is 0 Å². The van der Waals surface area contributed by atoms with Gasteiger partial charge >= 0.3 is 5.97 Å². The number of carbonyl (C=O) groups excluding carboxylic acids is 1. The lowest BCUT2D eigenvalue weighted by molar-refractivity contribution is -0.149. The van der Waals surface area contributed by atoms with Crippen LogP contribution in [0, 0.1) is 11.3 Å². The zero-order valence-corrected chi connectivity index (χ0v) is 8.77. The SMILES string of the molecule is CC(CC=N)C(=O)OCc1ccccc1. The second kappa shape index (κ2) is 5.96. The molecule has 0 saturated heterocycles. The minimum Gasteiger partial charge on any atom is -0.461 e. The fourth-order valence-corrected chi connectivity index (χ4v) is 1.14. The van der Waals surface area contributed by atoms with E-state index < -0.39 is 0 Å². The first-order valence-electron chi connectivity index (χ1n) is 4.93. The predicted molar refractivity (Wildman–Crippen MR) is 58.8 cm³/mol. The van der Waals surface area contributed by atoms with E-state index >= 15 is 0 Å². The fraction of sp³-hybridized carbons (Fsp3) is 0.333. The Bertz CT molecular complexity index is 322. The molecule has 80 valence electrons. The van der Waals surface area contributed by atoms with Gasteiger partial charge in [0.25, 0.3) is 0 Å². The van der Waals surface area contributed by atoms with Crippen molar-refractivity contribution < 1.29 is 9.53 Å². The van der Waals surface area contributed by atoms with Crippen LogP contribution in [0.25, 0.3) is 0 Å². The third-order valence-corrected chi connectivity index (χ3v) is 2.10. The third kappa shape index (κ3) is 3.94. The molecule has 1 rings (SSSR count). The lowest BCUT2D eigenvalue weighted by atomic mass is 10.1. The number of hydrogen-bond donors (Lipinski definition) is 1. The Balaban J connectivity index is 2.37. The second-order valence-electron chi connectivity index (χ2n) is 3.43. The smallest absolute Gasteiger partial charge is 0.309 e. The van der Waals surface area contributed by atoms with Crippen LogP contribution in [-0.2, 0) is 16.1 Å². The summed E-state index contributed by atoms with van der Waals surface area (Å²) in [5, 5.41) is 6.89. The van der Waals surface area contributed by atoms with Crippen molar-refractivity contribution in [2.75, 3.05) is 0 Å². The molecule has 1 aromatic carbocycles. The standard InChI is InChI=1S/C12H15NO2/c1-10(7-8-13)12(14)15-9-11-5-3-2-4-6-11/h2-6,8,10,13H,7,9H2,1H3. The minimum absolute atomic E-state index is 0.230. The number of rotatable bonds is 5. The Morgan fingerprint density at radius 1 is 1.47 bits per heavy atom. The molecule has 15 heavy (non-hydrogen) atoms. The Morgan fingerprint density at radius 2 is 2.13 bits per heavy atom. The predicted octanol–water partition coefficient (Wildman–Crippen LogP) is 2.41. The zero-order chi connectivity index (χ0) is 11.1. The van der Waals surface area contributed by atoms with E-state index in [4.69, 9.17) is 10.1 Å². The maximum atomic E-state index is 11.4. The second-order valence-corrected chi connectivity index (χ2v) is 3.43. The fourth-order valence-electron chi connectivity index (χ4n) is 1.14.